The monoisotopic (exact) mass is 305 g/mol. The fourth-order valence-corrected chi connectivity index (χ4v) is 3.83. The zero-order valence-electron chi connectivity index (χ0n) is 10.9. The van der Waals surface area contributed by atoms with Crippen LogP contribution in [0.15, 0.2) is 36.4 Å². The van der Waals surface area contributed by atoms with E-state index in [1.54, 1.807) is 35.2 Å². The molecule has 1 amide bonds. The Kier molecular flexibility index (Phi) is 2.50. The predicted molar refractivity (Wildman–Crippen MR) is 75.2 cm³/mol. The third-order valence-corrected chi connectivity index (χ3v) is 4.74. The van der Waals surface area contributed by atoms with E-state index in [1.165, 1.54) is 0 Å². The molecule has 6 heteroatoms. The Morgan fingerprint density at radius 3 is 3.00 bits per heavy atom. The normalized spacial score (nSPS) is 36.3. The van der Waals surface area contributed by atoms with Gasteiger partial charge in [-0.1, -0.05) is 29.8 Å². The van der Waals surface area contributed by atoms with Crippen molar-refractivity contribution in [2.24, 2.45) is 11.8 Å². The van der Waals surface area contributed by atoms with Crippen molar-refractivity contribution in [2.45, 2.75) is 11.7 Å². The number of carbonyl (C=O) groups is 2. The van der Waals surface area contributed by atoms with Crippen molar-refractivity contribution in [2.75, 3.05) is 11.4 Å². The maximum absolute atomic E-state index is 12.7. The minimum absolute atomic E-state index is 0.212. The number of rotatable bonds is 2. The smallest absolute Gasteiger partial charge is 0.310 e. The van der Waals surface area contributed by atoms with Gasteiger partial charge >= 0.3 is 5.97 Å². The van der Waals surface area contributed by atoms with Crippen LogP contribution >= 0.6 is 11.6 Å². The molecule has 0 aromatic heterocycles. The van der Waals surface area contributed by atoms with Gasteiger partial charge in [-0.3, -0.25) is 9.59 Å². The molecule has 2 bridgehead atoms. The lowest BCUT2D eigenvalue weighted by Crippen LogP contribution is -2.39. The summed E-state index contributed by atoms with van der Waals surface area (Å²) in [5.41, 5.74) is -0.145. The van der Waals surface area contributed by atoms with E-state index in [2.05, 4.69) is 0 Å². The zero-order valence-corrected chi connectivity index (χ0v) is 11.7. The fourth-order valence-electron chi connectivity index (χ4n) is 3.64. The van der Waals surface area contributed by atoms with Gasteiger partial charge < -0.3 is 14.7 Å². The number of hydrogen-bond acceptors (Lipinski definition) is 3. The minimum Gasteiger partial charge on any atom is -0.481 e. The summed E-state index contributed by atoms with van der Waals surface area (Å²) in [4.78, 5) is 25.7. The van der Waals surface area contributed by atoms with Crippen molar-refractivity contribution in [1.82, 2.24) is 0 Å². The summed E-state index contributed by atoms with van der Waals surface area (Å²) < 4.78 is 5.82. The molecule has 0 saturated carbocycles. The molecule has 2 fully saturated rings. The quantitative estimate of drug-likeness (QED) is 0.845. The van der Waals surface area contributed by atoms with E-state index in [4.69, 9.17) is 16.3 Å². The van der Waals surface area contributed by atoms with E-state index in [-0.39, 0.29) is 5.91 Å². The Balaban J connectivity index is 1.75. The number of anilines is 1. The van der Waals surface area contributed by atoms with Crippen LogP contribution in [-0.2, 0) is 14.3 Å². The van der Waals surface area contributed by atoms with Crippen molar-refractivity contribution < 1.29 is 19.4 Å². The highest BCUT2D eigenvalue weighted by molar-refractivity contribution is 6.31. The number of halogens is 1. The molecule has 1 aromatic rings. The first kappa shape index (κ1) is 12.9. The van der Waals surface area contributed by atoms with Crippen LogP contribution in [0.5, 0.6) is 0 Å². The highest BCUT2D eigenvalue weighted by Gasteiger charge is 2.67. The number of carbonyl (C=O) groups excluding carboxylic acids is 1. The van der Waals surface area contributed by atoms with Crippen LogP contribution in [0.2, 0.25) is 5.02 Å². The average molecular weight is 306 g/mol. The van der Waals surface area contributed by atoms with Gasteiger partial charge in [0.05, 0.1) is 18.6 Å². The summed E-state index contributed by atoms with van der Waals surface area (Å²) in [5, 5.41) is 9.92. The molecule has 3 aliphatic heterocycles. The maximum atomic E-state index is 12.7. The fraction of sp³-hybridized carbons (Fsp3) is 0.333. The van der Waals surface area contributed by atoms with Gasteiger partial charge in [0.2, 0.25) is 5.91 Å². The van der Waals surface area contributed by atoms with Crippen molar-refractivity contribution in [3.05, 3.63) is 41.4 Å². The van der Waals surface area contributed by atoms with Crippen LogP contribution < -0.4 is 4.90 Å². The Hall–Kier alpha value is -1.85. The largest absolute Gasteiger partial charge is 0.481 e. The molecule has 1 aromatic carbocycles. The summed E-state index contributed by atoms with van der Waals surface area (Å²) >= 11 is 5.97. The van der Waals surface area contributed by atoms with Crippen LogP contribution in [0.3, 0.4) is 0 Å². The van der Waals surface area contributed by atoms with Gasteiger partial charge in [0.25, 0.3) is 0 Å². The molecule has 5 nitrogen and oxygen atoms in total. The molecule has 108 valence electrons. The number of benzene rings is 1. The van der Waals surface area contributed by atoms with Gasteiger partial charge in [0, 0.05) is 10.7 Å². The molecule has 21 heavy (non-hydrogen) atoms. The molecular formula is C15H12ClNO4. The predicted octanol–water partition coefficient (Wildman–Crippen LogP) is 1.71. The molecule has 3 heterocycles. The van der Waals surface area contributed by atoms with Crippen LogP contribution in [-0.4, -0.2) is 35.2 Å². The van der Waals surface area contributed by atoms with Gasteiger partial charge in [-0.25, -0.2) is 0 Å². The lowest BCUT2D eigenvalue weighted by atomic mass is 9.77. The third-order valence-electron chi connectivity index (χ3n) is 4.51. The van der Waals surface area contributed by atoms with Crippen molar-refractivity contribution in [3.63, 3.8) is 0 Å². The number of fused-ring (bicyclic) bond motifs is 1. The molecule has 4 atom stereocenters. The SMILES string of the molecule is O=C(O)C1C2C=CC3(CN(c4cccc(Cl)c4)C(=O)C13)O2. The molecule has 4 rings (SSSR count). The van der Waals surface area contributed by atoms with E-state index in [9.17, 15) is 14.7 Å². The molecule has 0 radical (unpaired) electrons. The summed E-state index contributed by atoms with van der Waals surface area (Å²) in [6.07, 6.45) is 3.09. The first-order valence-corrected chi connectivity index (χ1v) is 7.07. The second-order valence-corrected chi connectivity index (χ2v) is 6.08. The van der Waals surface area contributed by atoms with Crippen molar-refractivity contribution in [1.29, 1.82) is 0 Å². The Labute approximate surface area is 125 Å². The molecule has 2 saturated heterocycles. The maximum Gasteiger partial charge on any atom is 0.310 e. The van der Waals surface area contributed by atoms with E-state index in [0.717, 1.165) is 0 Å². The molecule has 1 spiro atoms. The number of carboxylic acids is 1. The number of nitrogens with zero attached hydrogens (tertiary/aromatic N) is 1. The highest BCUT2D eigenvalue weighted by atomic mass is 35.5. The number of amides is 1. The molecule has 3 aliphatic rings. The lowest BCUT2D eigenvalue weighted by Gasteiger charge is -2.21. The molecule has 4 unspecified atom stereocenters. The Morgan fingerprint density at radius 2 is 2.29 bits per heavy atom. The van der Waals surface area contributed by atoms with Crippen molar-refractivity contribution >= 4 is 29.2 Å². The Bertz CT molecular complexity index is 688. The van der Waals surface area contributed by atoms with Gasteiger partial charge in [0.1, 0.15) is 11.5 Å². The number of carboxylic acid groups (broad SMARTS) is 1. The molecule has 0 aliphatic carbocycles. The molecular weight excluding hydrogens is 294 g/mol. The van der Waals surface area contributed by atoms with Gasteiger partial charge in [0.15, 0.2) is 0 Å². The first-order valence-electron chi connectivity index (χ1n) is 6.69. The Morgan fingerprint density at radius 1 is 1.48 bits per heavy atom. The van der Waals surface area contributed by atoms with E-state index in [0.29, 0.717) is 17.3 Å². The average Bonchev–Trinajstić information content (AvgIpc) is 3.07. The van der Waals surface area contributed by atoms with Gasteiger partial charge in [-0.15, -0.1) is 0 Å². The van der Waals surface area contributed by atoms with Crippen LogP contribution in [0, 0.1) is 11.8 Å². The van der Waals surface area contributed by atoms with Gasteiger partial charge in [-0.05, 0) is 18.2 Å². The number of ether oxygens (including phenoxy) is 1. The van der Waals surface area contributed by atoms with E-state index in [1.807, 2.05) is 6.08 Å². The number of aliphatic carboxylic acids is 1. The summed E-state index contributed by atoms with van der Waals surface area (Å²) in [5.74, 6) is -2.68. The van der Waals surface area contributed by atoms with Crippen molar-refractivity contribution in [3.8, 4) is 0 Å². The van der Waals surface area contributed by atoms with Gasteiger partial charge in [-0.2, -0.15) is 0 Å². The highest BCUT2D eigenvalue weighted by Crippen LogP contribution is 2.52. The van der Waals surface area contributed by atoms with E-state index >= 15 is 0 Å². The van der Waals surface area contributed by atoms with Crippen LogP contribution in [0.25, 0.3) is 0 Å². The lowest BCUT2D eigenvalue weighted by molar-refractivity contribution is -0.146. The van der Waals surface area contributed by atoms with E-state index < -0.39 is 29.5 Å². The zero-order chi connectivity index (χ0) is 14.8. The molecule has 1 N–H and O–H groups in total. The second kappa shape index (κ2) is 4.08. The van der Waals surface area contributed by atoms with Crippen LogP contribution in [0.1, 0.15) is 0 Å². The summed E-state index contributed by atoms with van der Waals surface area (Å²) in [6, 6.07) is 6.97. The standard InChI is InChI=1S/C15H12ClNO4/c16-8-2-1-3-9(6-8)17-7-15-5-4-10(21-15)11(14(19)20)12(15)13(17)18/h1-6,10-12H,7H2,(H,19,20). The number of hydrogen-bond donors (Lipinski definition) is 1. The summed E-state index contributed by atoms with van der Waals surface area (Å²) in [7, 11) is 0. The summed E-state index contributed by atoms with van der Waals surface area (Å²) in [6.45, 7) is 0.327. The second-order valence-electron chi connectivity index (χ2n) is 5.64. The third kappa shape index (κ3) is 1.61. The first-order chi connectivity index (χ1) is 10.0. The topological polar surface area (TPSA) is 66.8 Å². The van der Waals surface area contributed by atoms with Crippen LogP contribution in [0.4, 0.5) is 5.69 Å². The minimum atomic E-state index is -0.988.